The molecular formula is C17H31Cl2N3O2. The van der Waals surface area contributed by atoms with Crippen molar-refractivity contribution in [1.29, 1.82) is 0 Å². The minimum atomic E-state index is -0.737. The van der Waals surface area contributed by atoms with E-state index in [2.05, 4.69) is 23.6 Å². The molecular weight excluding hydrogens is 349 g/mol. The van der Waals surface area contributed by atoms with E-state index in [1.807, 2.05) is 0 Å². The summed E-state index contributed by atoms with van der Waals surface area (Å²) in [5, 5.41) is 0. The quantitative estimate of drug-likeness (QED) is 0.752. The van der Waals surface area contributed by atoms with Crippen LogP contribution in [0.4, 0.5) is 0 Å². The van der Waals surface area contributed by atoms with Crippen LogP contribution in [0.25, 0.3) is 0 Å². The van der Waals surface area contributed by atoms with Crippen LogP contribution in [0.5, 0.6) is 0 Å². The second kappa shape index (κ2) is 6.92. The summed E-state index contributed by atoms with van der Waals surface area (Å²) < 4.78 is 5.94. The Labute approximate surface area is 157 Å². The number of hydrogen-bond acceptors (Lipinski definition) is 4. The molecule has 2 N–H and O–H groups in total. The summed E-state index contributed by atoms with van der Waals surface area (Å²) in [5.41, 5.74) is 5.76. The van der Waals surface area contributed by atoms with Crippen molar-refractivity contribution in [2.24, 2.45) is 17.1 Å². The predicted octanol–water partition coefficient (Wildman–Crippen LogP) is 1.67. The second-order valence-electron chi connectivity index (χ2n) is 8.21. The van der Waals surface area contributed by atoms with Gasteiger partial charge in [-0.15, -0.1) is 24.8 Å². The van der Waals surface area contributed by atoms with E-state index in [0.717, 1.165) is 39.1 Å². The zero-order valence-electron chi connectivity index (χ0n) is 14.7. The summed E-state index contributed by atoms with van der Waals surface area (Å²) in [6.45, 7) is 8.96. The van der Waals surface area contributed by atoms with Crippen molar-refractivity contribution in [2.75, 3.05) is 32.8 Å². The van der Waals surface area contributed by atoms with Crippen LogP contribution in [0, 0.1) is 11.3 Å². The molecule has 4 fully saturated rings. The van der Waals surface area contributed by atoms with Crippen molar-refractivity contribution in [1.82, 2.24) is 9.80 Å². The van der Waals surface area contributed by atoms with Crippen LogP contribution >= 0.6 is 24.8 Å². The summed E-state index contributed by atoms with van der Waals surface area (Å²) in [6, 6.07) is 0.558. The van der Waals surface area contributed by atoms with E-state index in [-0.39, 0.29) is 48.2 Å². The number of nitrogens with two attached hydrogens (primary N) is 1. The van der Waals surface area contributed by atoms with Crippen molar-refractivity contribution in [3.63, 3.8) is 0 Å². The van der Waals surface area contributed by atoms with E-state index < -0.39 is 5.54 Å². The number of fused-ring (bicyclic) bond motifs is 2. The zero-order chi connectivity index (χ0) is 15.5. The molecule has 0 spiro atoms. The van der Waals surface area contributed by atoms with E-state index in [1.54, 1.807) is 0 Å². The van der Waals surface area contributed by atoms with Crippen molar-refractivity contribution in [3.8, 4) is 0 Å². The Balaban J connectivity index is 0.00000104. The lowest BCUT2D eigenvalue weighted by atomic mass is 9.46. The fraction of sp³-hybridized carbons (Fsp3) is 0.941. The first-order valence-electron chi connectivity index (χ1n) is 8.90. The second-order valence-corrected chi connectivity index (χ2v) is 8.21. The highest BCUT2D eigenvalue weighted by atomic mass is 35.5. The maximum absolute atomic E-state index is 13.3. The summed E-state index contributed by atoms with van der Waals surface area (Å²) in [6.07, 6.45) is 4.70. The number of amides is 1. The molecule has 1 saturated carbocycles. The average molecular weight is 380 g/mol. The number of hydrogen-bond donors (Lipinski definition) is 1. The molecule has 3 heterocycles. The molecule has 1 aliphatic carbocycles. The number of rotatable bonds is 1. The van der Waals surface area contributed by atoms with Gasteiger partial charge >= 0.3 is 0 Å². The first-order chi connectivity index (χ1) is 10.5. The van der Waals surface area contributed by atoms with Crippen molar-refractivity contribution in [2.45, 2.75) is 57.2 Å². The maximum atomic E-state index is 13.3. The molecule has 24 heavy (non-hydrogen) atoms. The van der Waals surface area contributed by atoms with E-state index in [4.69, 9.17) is 10.5 Å². The molecule has 4 atom stereocenters. The van der Waals surface area contributed by atoms with Crippen LogP contribution in [0.15, 0.2) is 0 Å². The number of ether oxygens (including phenoxy) is 1. The monoisotopic (exact) mass is 379 g/mol. The Morgan fingerprint density at radius 2 is 1.88 bits per heavy atom. The van der Waals surface area contributed by atoms with Gasteiger partial charge in [0.05, 0.1) is 6.10 Å². The van der Waals surface area contributed by atoms with Crippen LogP contribution < -0.4 is 5.73 Å². The van der Waals surface area contributed by atoms with Gasteiger partial charge in [-0.25, -0.2) is 0 Å². The van der Waals surface area contributed by atoms with E-state index in [1.165, 1.54) is 19.4 Å². The largest absolute Gasteiger partial charge is 0.377 e. The van der Waals surface area contributed by atoms with Gasteiger partial charge in [-0.05, 0) is 32.2 Å². The zero-order valence-corrected chi connectivity index (χ0v) is 16.3. The lowest BCUT2D eigenvalue weighted by Gasteiger charge is -2.66. The molecule has 0 radical (unpaired) electrons. The van der Waals surface area contributed by atoms with E-state index >= 15 is 0 Å². The van der Waals surface area contributed by atoms with Gasteiger partial charge in [0, 0.05) is 43.6 Å². The maximum Gasteiger partial charge on any atom is 0.243 e. The minimum absolute atomic E-state index is 0. The standard InChI is InChI=1S/C17H29N3O2.2ClH/c1-16(2)14-13(6-4-10-22-14)17(16,18)15(21)20-9-8-19-7-3-5-12(19)11-20;;/h12-14H,3-11,18H2,1-2H3;2*1H. The fourth-order valence-corrected chi connectivity index (χ4v) is 5.45. The van der Waals surface area contributed by atoms with E-state index in [0.29, 0.717) is 6.04 Å². The first-order valence-corrected chi connectivity index (χ1v) is 8.90. The molecule has 3 aliphatic heterocycles. The van der Waals surface area contributed by atoms with Gasteiger partial charge in [0.15, 0.2) is 0 Å². The van der Waals surface area contributed by atoms with Crippen LogP contribution in [-0.4, -0.2) is 66.2 Å². The topological polar surface area (TPSA) is 58.8 Å². The normalized spacial score (nSPS) is 40.5. The minimum Gasteiger partial charge on any atom is -0.377 e. The molecule has 140 valence electrons. The number of piperazine rings is 1. The Hall–Kier alpha value is -0.0700. The van der Waals surface area contributed by atoms with Gasteiger partial charge in [0.1, 0.15) is 5.54 Å². The molecule has 0 aromatic rings. The number of carbonyl (C=O) groups excluding carboxylic acids is 1. The fourth-order valence-electron chi connectivity index (χ4n) is 5.45. The van der Waals surface area contributed by atoms with Gasteiger partial charge < -0.3 is 15.4 Å². The highest BCUT2D eigenvalue weighted by molar-refractivity contribution is 5.89. The molecule has 4 rings (SSSR count). The van der Waals surface area contributed by atoms with Crippen molar-refractivity contribution in [3.05, 3.63) is 0 Å². The van der Waals surface area contributed by atoms with Crippen LogP contribution in [0.2, 0.25) is 0 Å². The van der Waals surface area contributed by atoms with Crippen LogP contribution in [-0.2, 0) is 9.53 Å². The van der Waals surface area contributed by atoms with Gasteiger partial charge in [-0.3, -0.25) is 9.69 Å². The molecule has 0 aromatic carbocycles. The molecule has 4 unspecified atom stereocenters. The van der Waals surface area contributed by atoms with Gasteiger partial charge in [0.2, 0.25) is 5.91 Å². The Bertz CT molecular complexity index is 490. The number of halogens is 2. The molecule has 0 aromatic heterocycles. The molecule has 1 amide bonds. The summed E-state index contributed by atoms with van der Waals surface area (Å²) in [4.78, 5) is 17.9. The summed E-state index contributed by atoms with van der Waals surface area (Å²) >= 11 is 0. The van der Waals surface area contributed by atoms with Gasteiger partial charge in [-0.2, -0.15) is 0 Å². The van der Waals surface area contributed by atoms with Gasteiger partial charge in [-0.1, -0.05) is 13.8 Å². The molecule has 0 bridgehead atoms. The van der Waals surface area contributed by atoms with Crippen molar-refractivity contribution < 1.29 is 9.53 Å². The third-order valence-corrected chi connectivity index (χ3v) is 6.91. The van der Waals surface area contributed by atoms with Gasteiger partial charge in [0.25, 0.3) is 0 Å². The summed E-state index contributed by atoms with van der Waals surface area (Å²) in [7, 11) is 0. The molecule has 3 saturated heterocycles. The SMILES string of the molecule is CC1(C)C2OCCCC2C1(N)C(=O)N1CCN2CCCC2C1.Cl.Cl. The first kappa shape index (κ1) is 20.2. The molecule has 5 nitrogen and oxygen atoms in total. The lowest BCUT2D eigenvalue weighted by molar-refractivity contribution is -0.231. The third kappa shape index (κ3) is 2.59. The van der Waals surface area contributed by atoms with Crippen molar-refractivity contribution >= 4 is 30.7 Å². The Morgan fingerprint density at radius 1 is 1.12 bits per heavy atom. The predicted molar refractivity (Wildman–Crippen MR) is 98.8 cm³/mol. The third-order valence-electron chi connectivity index (χ3n) is 6.91. The number of nitrogens with zero attached hydrogens (tertiary/aromatic N) is 2. The average Bonchev–Trinajstić information content (AvgIpc) is 3.00. The highest BCUT2D eigenvalue weighted by Gasteiger charge is 2.71. The number of carbonyl (C=O) groups is 1. The van der Waals surface area contributed by atoms with Crippen LogP contribution in [0.3, 0.4) is 0 Å². The lowest BCUT2D eigenvalue weighted by Crippen LogP contribution is -2.83. The molecule has 7 heteroatoms. The smallest absolute Gasteiger partial charge is 0.243 e. The van der Waals surface area contributed by atoms with E-state index in [9.17, 15) is 4.79 Å². The Morgan fingerprint density at radius 3 is 2.62 bits per heavy atom. The molecule has 4 aliphatic rings. The Kier molecular flexibility index (Phi) is 5.83. The summed E-state index contributed by atoms with van der Waals surface area (Å²) in [5.74, 6) is 0.376. The van der Waals surface area contributed by atoms with Crippen LogP contribution in [0.1, 0.15) is 39.5 Å². The highest BCUT2D eigenvalue weighted by Crippen LogP contribution is 2.58.